The molecular formula is C25H26N4O3. The highest BCUT2D eigenvalue weighted by Crippen LogP contribution is 2.40. The average molecular weight is 431 g/mol. The predicted octanol–water partition coefficient (Wildman–Crippen LogP) is 4.41. The fourth-order valence-electron chi connectivity index (χ4n) is 3.84. The lowest BCUT2D eigenvalue weighted by Gasteiger charge is -2.19. The maximum atomic E-state index is 13.3. The van der Waals surface area contributed by atoms with Crippen molar-refractivity contribution in [3.05, 3.63) is 82.9 Å². The van der Waals surface area contributed by atoms with Crippen LogP contribution in [0, 0.1) is 19.8 Å². The molecule has 4 rings (SSSR count). The summed E-state index contributed by atoms with van der Waals surface area (Å²) in [5.74, 6) is 0.176. The average Bonchev–Trinajstić information content (AvgIpc) is 3.61. The number of rotatable bonds is 7. The molecule has 0 aliphatic heterocycles. The lowest BCUT2D eigenvalue weighted by atomic mass is 9.97. The molecule has 1 atom stereocenters. The van der Waals surface area contributed by atoms with Gasteiger partial charge in [0.2, 0.25) is 0 Å². The molecule has 1 saturated carbocycles. The van der Waals surface area contributed by atoms with Crippen LogP contribution in [0.2, 0.25) is 0 Å². The van der Waals surface area contributed by atoms with Gasteiger partial charge in [0.05, 0.1) is 11.7 Å². The van der Waals surface area contributed by atoms with Crippen LogP contribution in [0.25, 0.3) is 11.1 Å². The predicted molar refractivity (Wildman–Crippen MR) is 121 cm³/mol. The highest BCUT2D eigenvalue weighted by atomic mass is 16.4. The molecule has 0 saturated heterocycles. The number of hydrogen-bond acceptors (Lipinski definition) is 4. The molecule has 3 aromatic rings. The molecule has 2 amide bonds. The van der Waals surface area contributed by atoms with Gasteiger partial charge in [0.25, 0.3) is 5.91 Å². The van der Waals surface area contributed by atoms with Crippen LogP contribution in [-0.4, -0.2) is 27.1 Å². The Balaban J connectivity index is 1.67. The van der Waals surface area contributed by atoms with Gasteiger partial charge in [-0.2, -0.15) is 0 Å². The van der Waals surface area contributed by atoms with Gasteiger partial charge in [-0.15, -0.1) is 0 Å². The molecular weight excluding hydrogens is 404 g/mol. The monoisotopic (exact) mass is 430 g/mol. The summed E-state index contributed by atoms with van der Waals surface area (Å²) in [7, 11) is 0. The first kappa shape index (κ1) is 21.5. The molecule has 1 aliphatic carbocycles. The SMILES string of the molecule is Cc1ccnc(C(NC(=O)c2cc(CNC(=O)O)cc(-c3cnccc3C)c2)C2CC2)c1. The molecule has 3 N–H and O–H groups in total. The molecule has 0 radical (unpaired) electrons. The van der Waals surface area contributed by atoms with Crippen molar-refractivity contribution in [2.24, 2.45) is 5.92 Å². The van der Waals surface area contributed by atoms with Gasteiger partial charge in [0.1, 0.15) is 0 Å². The molecule has 0 spiro atoms. The Bertz CT molecular complexity index is 1160. The number of carbonyl (C=O) groups excluding carboxylic acids is 1. The lowest BCUT2D eigenvalue weighted by molar-refractivity contribution is 0.0930. The molecule has 1 fully saturated rings. The molecule has 2 heterocycles. The number of pyridine rings is 2. The van der Waals surface area contributed by atoms with Crippen molar-refractivity contribution >= 4 is 12.0 Å². The number of aromatic nitrogens is 2. The van der Waals surface area contributed by atoms with Crippen molar-refractivity contribution in [2.75, 3.05) is 0 Å². The summed E-state index contributed by atoms with van der Waals surface area (Å²) in [6, 6.07) is 11.2. The van der Waals surface area contributed by atoms with E-state index in [-0.39, 0.29) is 18.5 Å². The van der Waals surface area contributed by atoms with Crippen LogP contribution < -0.4 is 10.6 Å². The summed E-state index contributed by atoms with van der Waals surface area (Å²) in [5, 5.41) is 14.6. The summed E-state index contributed by atoms with van der Waals surface area (Å²) in [6.45, 7) is 4.10. The first-order valence-electron chi connectivity index (χ1n) is 10.7. The zero-order valence-corrected chi connectivity index (χ0v) is 18.1. The van der Waals surface area contributed by atoms with Gasteiger partial charge in [-0.05, 0) is 91.3 Å². The van der Waals surface area contributed by atoms with Gasteiger partial charge in [-0.3, -0.25) is 14.8 Å². The molecule has 2 aromatic heterocycles. The van der Waals surface area contributed by atoms with E-state index in [4.69, 9.17) is 5.11 Å². The Hall–Kier alpha value is -3.74. The third-order valence-electron chi connectivity index (χ3n) is 5.68. The van der Waals surface area contributed by atoms with Crippen molar-refractivity contribution in [3.8, 4) is 11.1 Å². The van der Waals surface area contributed by atoms with Gasteiger partial charge in [0.15, 0.2) is 0 Å². The van der Waals surface area contributed by atoms with Crippen LogP contribution in [0.15, 0.2) is 55.0 Å². The number of amides is 2. The Morgan fingerprint density at radius 1 is 1.12 bits per heavy atom. The second-order valence-corrected chi connectivity index (χ2v) is 8.31. The Morgan fingerprint density at radius 2 is 1.94 bits per heavy atom. The molecule has 7 nitrogen and oxygen atoms in total. The number of carbonyl (C=O) groups is 2. The van der Waals surface area contributed by atoms with E-state index < -0.39 is 6.09 Å². The third-order valence-corrected chi connectivity index (χ3v) is 5.68. The first-order chi connectivity index (χ1) is 15.4. The molecule has 32 heavy (non-hydrogen) atoms. The van der Waals surface area contributed by atoms with Crippen LogP contribution >= 0.6 is 0 Å². The quantitative estimate of drug-likeness (QED) is 0.515. The number of carboxylic acid groups (broad SMARTS) is 1. The van der Waals surface area contributed by atoms with Crippen LogP contribution in [0.1, 0.15) is 51.6 Å². The first-order valence-corrected chi connectivity index (χ1v) is 10.7. The zero-order valence-electron chi connectivity index (χ0n) is 18.1. The summed E-state index contributed by atoms with van der Waals surface area (Å²) in [6.07, 6.45) is 6.25. The minimum atomic E-state index is -1.11. The highest BCUT2D eigenvalue weighted by Gasteiger charge is 2.34. The van der Waals surface area contributed by atoms with Gasteiger partial charge in [0, 0.05) is 36.3 Å². The second kappa shape index (κ2) is 9.18. The third kappa shape index (κ3) is 5.11. The largest absolute Gasteiger partial charge is 0.465 e. The van der Waals surface area contributed by atoms with E-state index in [0.29, 0.717) is 17.0 Å². The van der Waals surface area contributed by atoms with Crippen molar-refractivity contribution in [1.29, 1.82) is 0 Å². The Morgan fingerprint density at radius 3 is 2.62 bits per heavy atom. The summed E-state index contributed by atoms with van der Waals surface area (Å²) >= 11 is 0. The van der Waals surface area contributed by atoms with Crippen molar-refractivity contribution in [2.45, 2.75) is 39.3 Å². The topological polar surface area (TPSA) is 104 Å². The van der Waals surface area contributed by atoms with E-state index in [0.717, 1.165) is 40.8 Å². The number of benzene rings is 1. The summed E-state index contributed by atoms with van der Waals surface area (Å²) in [4.78, 5) is 33.0. The van der Waals surface area contributed by atoms with Crippen LogP contribution in [0.4, 0.5) is 4.79 Å². The number of aryl methyl sites for hydroxylation is 2. The van der Waals surface area contributed by atoms with E-state index in [1.165, 1.54) is 0 Å². The van der Waals surface area contributed by atoms with Crippen molar-refractivity contribution in [3.63, 3.8) is 0 Å². The standard InChI is InChI=1S/C25H26N4O3/c1-15-5-8-27-22(9-15)23(18-3-4-18)29-24(30)20-11-17(13-28-25(31)32)10-19(12-20)21-14-26-7-6-16(21)2/h5-12,14,18,23,28H,3-4,13H2,1-2H3,(H,29,30)(H,31,32). The fraction of sp³-hybridized carbons (Fsp3) is 0.280. The minimum Gasteiger partial charge on any atom is -0.465 e. The second-order valence-electron chi connectivity index (χ2n) is 8.31. The van der Waals surface area contributed by atoms with Gasteiger partial charge < -0.3 is 15.7 Å². The van der Waals surface area contributed by atoms with Gasteiger partial charge in [-0.1, -0.05) is 0 Å². The Labute approximate surface area is 186 Å². The summed E-state index contributed by atoms with van der Waals surface area (Å²) in [5.41, 5.74) is 5.90. The van der Waals surface area contributed by atoms with Crippen LogP contribution in [-0.2, 0) is 6.54 Å². The van der Waals surface area contributed by atoms with E-state index in [9.17, 15) is 9.59 Å². The van der Waals surface area contributed by atoms with E-state index in [1.807, 2.05) is 44.2 Å². The summed E-state index contributed by atoms with van der Waals surface area (Å²) < 4.78 is 0. The van der Waals surface area contributed by atoms with Crippen LogP contribution in [0.5, 0.6) is 0 Å². The fourth-order valence-corrected chi connectivity index (χ4v) is 3.84. The zero-order chi connectivity index (χ0) is 22.7. The van der Waals surface area contributed by atoms with Gasteiger partial charge in [-0.25, -0.2) is 4.79 Å². The van der Waals surface area contributed by atoms with E-state index >= 15 is 0 Å². The van der Waals surface area contributed by atoms with Gasteiger partial charge >= 0.3 is 6.09 Å². The number of hydrogen-bond donors (Lipinski definition) is 3. The van der Waals surface area contributed by atoms with Crippen molar-refractivity contribution < 1.29 is 14.7 Å². The Kier molecular flexibility index (Phi) is 6.16. The maximum Gasteiger partial charge on any atom is 0.404 e. The normalized spacial score (nSPS) is 13.9. The van der Waals surface area contributed by atoms with Crippen molar-refractivity contribution in [1.82, 2.24) is 20.6 Å². The van der Waals surface area contributed by atoms with Crippen LogP contribution in [0.3, 0.4) is 0 Å². The maximum absolute atomic E-state index is 13.3. The molecule has 0 bridgehead atoms. The molecule has 1 unspecified atom stereocenters. The van der Waals surface area contributed by atoms with E-state index in [2.05, 4.69) is 20.6 Å². The number of nitrogens with zero attached hydrogens (tertiary/aromatic N) is 2. The number of nitrogens with one attached hydrogen (secondary N) is 2. The minimum absolute atomic E-state index is 0.105. The molecule has 1 aromatic carbocycles. The molecule has 164 valence electrons. The highest BCUT2D eigenvalue weighted by molar-refractivity contribution is 5.96. The molecule has 1 aliphatic rings. The van der Waals surface area contributed by atoms with E-state index in [1.54, 1.807) is 24.7 Å². The lowest BCUT2D eigenvalue weighted by Crippen LogP contribution is -2.30. The smallest absolute Gasteiger partial charge is 0.404 e. The molecule has 7 heteroatoms.